The van der Waals surface area contributed by atoms with E-state index in [9.17, 15) is 36.0 Å². The second-order valence-corrected chi connectivity index (χ2v) is 13.1. The van der Waals surface area contributed by atoms with E-state index in [-0.39, 0.29) is 52.9 Å². The quantitative estimate of drug-likeness (QED) is 0.267. The second kappa shape index (κ2) is 12.7. The summed E-state index contributed by atoms with van der Waals surface area (Å²) in [6, 6.07) is 8.37. The molecule has 46 heavy (non-hydrogen) atoms. The predicted octanol–water partition coefficient (Wildman–Crippen LogP) is 4.39. The number of hydrogen-bond donors (Lipinski definition) is 3. The van der Waals surface area contributed by atoms with Gasteiger partial charge in [-0.3, -0.25) is 14.4 Å². The van der Waals surface area contributed by atoms with Gasteiger partial charge in [-0.05, 0) is 67.5 Å². The zero-order valence-electron chi connectivity index (χ0n) is 24.2. The number of aliphatic carboxylic acids is 1. The van der Waals surface area contributed by atoms with Gasteiger partial charge < -0.3 is 20.5 Å². The number of hydrogen-bond acceptors (Lipinski definition) is 8. The van der Waals surface area contributed by atoms with E-state index in [0.717, 1.165) is 24.3 Å². The number of halogens is 4. The Kier molecular flexibility index (Phi) is 9.02. The fourth-order valence-electron chi connectivity index (χ4n) is 6.18. The number of nitrogens with one attached hydrogen (secondary N) is 2. The van der Waals surface area contributed by atoms with Crippen LogP contribution in [0.1, 0.15) is 41.7 Å². The zero-order chi connectivity index (χ0) is 33.4. The number of rotatable bonds is 10. The van der Waals surface area contributed by atoms with E-state index in [0.29, 0.717) is 25.0 Å². The number of nitrogens with zero attached hydrogens (tertiary/aromatic N) is 2. The van der Waals surface area contributed by atoms with Crippen molar-refractivity contribution >= 4 is 33.3 Å². The molecule has 0 spiro atoms. The van der Waals surface area contributed by atoms with Gasteiger partial charge in [0.2, 0.25) is 5.91 Å². The lowest BCUT2D eigenvalue weighted by atomic mass is 9.83. The fourth-order valence-corrected chi connectivity index (χ4v) is 6.98. The lowest BCUT2D eigenvalue weighted by molar-refractivity contribution is -0.137. The number of carbonyl (C=O) groups is 3. The van der Waals surface area contributed by atoms with E-state index in [2.05, 4.69) is 20.8 Å². The molecule has 2 aromatic carbocycles. The molecule has 16 heteroatoms. The summed E-state index contributed by atoms with van der Waals surface area (Å²) in [5, 5.41) is 22.2. The minimum atomic E-state index is -5.64. The van der Waals surface area contributed by atoms with E-state index in [1.807, 2.05) is 0 Å². The van der Waals surface area contributed by atoms with Crippen molar-refractivity contribution in [3.63, 3.8) is 0 Å². The van der Waals surface area contributed by atoms with Gasteiger partial charge in [-0.15, -0.1) is 0 Å². The van der Waals surface area contributed by atoms with Crippen LogP contribution in [0, 0.1) is 23.6 Å². The third kappa shape index (κ3) is 6.52. The van der Waals surface area contributed by atoms with E-state index >= 15 is 4.39 Å². The summed E-state index contributed by atoms with van der Waals surface area (Å²) in [6.07, 6.45) is 1.97. The molecule has 4 unspecified atom stereocenters. The molecule has 0 aliphatic heterocycles. The third-order valence-corrected chi connectivity index (χ3v) is 9.84. The summed E-state index contributed by atoms with van der Waals surface area (Å²) >= 11 is 0. The fraction of sp³-hybridized carbons (Fsp3) is 0.367. The van der Waals surface area contributed by atoms with Crippen molar-refractivity contribution in [2.75, 3.05) is 12.4 Å². The highest BCUT2D eigenvalue weighted by Crippen LogP contribution is 2.49. The van der Waals surface area contributed by atoms with Crippen molar-refractivity contribution < 1.29 is 50.2 Å². The van der Waals surface area contributed by atoms with Gasteiger partial charge in [0.05, 0.1) is 41.3 Å². The topological polar surface area (TPSA) is 165 Å². The van der Waals surface area contributed by atoms with Crippen LogP contribution in [-0.2, 0) is 25.8 Å². The van der Waals surface area contributed by atoms with Crippen molar-refractivity contribution in [3.8, 4) is 17.0 Å². The number of fused-ring (bicyclic) bond motifs is 2. The molecule has 11 nitrogen and oxygen atoms in total. The Labute approximate surface area is 260 Å². The van der Waals surface area contributed by atoms with Gasteiger partial charge in [0, 0.05) is 29.8 Å². The van der Waals surface area contributed by atoms with Crippen LogP contribution in [0.2, 0.25) is 0 Å². The van der Waals surface area contributed by atoms with Crippen molar-refractivity contribution in [1.82, 2.24) is 15.5 Å². The first-order valence-corrected chi connectivity index (χ1v) is 15.6. The molecule has 2 aliphatic rings. The highest BCUT2D eigenvalue weighted by Gasteiger charge is 2.52. The molecule has 244 valence electrons. The first-order chi connectivity index (χ1) is 21.7. The molecule has 1 heterocycles. The van der Waals surface area contributed by atoms with Crippen LogP contribution < -0.4 is 15.4 Å². The largest absolute Gasteiger partial charge is 0.501 e. The van der Waals surface area contributed by atoms with E-state index in [4.69, 9.17) is 9.84 Å². The number of carboxylic acids is 1. The molecule has 2 saturated carbocycles. The molecule has 2 fully saturated rings. The lowest BCUT2D eigenvalue weighted by Crippen LogP contribution is -2.48. The lowest BCUT2D eigenvalue weighted by Gasteiger charge is -2.31. The number of ether oxygens (including phenoxy) is 1. The Morgan fingerprint density at radius 3 is 2.43 bits per heavy atom. The maximum atomic E-state index is 15.1. The standard InChI is InChI=1S/C30H28F4N4O7S/c1-45-24-14-22(31)20(23-9-7-17(37-38-23)8-10-25(39)40)13-21(24)28(41)36-27-16-6-5-15(11-16)26(27)29(42)35-18-3-2-4-19(12-18)46(43,44)30(32,33)34/h2-4,7,9,12-16,26-27H,5-6,8,10-11H2,1H3,(H,35,42)(H,36,41)(H,39,40). The Balaban J connectivity index is 1.37. The summed E-state index contributed by atoms with van der Waals surface area (Å²) in [6.45, 7) is 0. The smallest absolute Gasteiger partial charge is 0.496 e. The van der Waals surface area contributed by atoms with Crippen molar-refractivity contribution in [2.24, 2.45) is 17.8 Å². The number of carbonyl (C=O) groups excluding carboxylic acids is 2. The molecule has 4 atom stereocenters. The van der Waals surface area contributed by atoms with Gasteiger partial charge in [0.1, 0.15) is 11.6 Å². The Morgan fingerprint density at radius 2 is 1.78 bits per heavy atom. The first-order valence-electron chi connectivity index (χ1n) is 14.1. The van der Waals surface area contributed by atoms with Gasteiger partial charge in [-0.25, -0.2) is 12.8 Å². The molecule has 3 aromatic rings. The predicted molar refractivity (Wildman–Crippen MR) is 154 cm³/mol. The number of alkyl halides is 3. The number of anilines is 1. The number of aryl methyl sites for hydroxylation is 1. The Bertz CT molecular complexity index is 1780. The maximum Gasteiger partial charge on any atom is 0.501 e. The average molecular weight is 665 g/mol. The molecule has 0 saturated heterocycles. The molecule has 1 aromatic heterocycles. The number of carboxylic acid groups (broad SMARTS) is 1. The molecule has 3 N–H and O–H groups in total. The number of aromatic nitrogens is 2. The minimum absolute atomic E-state index is 0.0531. The van der Waals surface area contributed by atoms with Gasteiger partial charge in [0.25, 0.3) is 15.7 Å². The van der Waals surface area contributed by atoms with E-state index in [1.54, 1.807) is 0 Å². The van der Waals surface area contributed by atoms with Crippen LogP contribution in [0.5, 0.6) is 5.75 Å². The summed E-state index contributed by atoms with van der Waals surface area (Å²) in [7, 11) is -4.38. The van der Waals surface area contributed by atoms with Crippen LogP contribution in [0.15, 0.2) is 53.4 Å². The van der Waals surface area contributed by atoms with Gasteiger partial charge in [-0.1, -0.05) is 6.07 Å². The van der Waals surface area contributed by atoms with Crippen molar-refractivity contribution in [3.05, 3.63) is 65.6 Å². The second-order valence-electron chi connectivity index (χ2n) is 11.2. The molecule has 2 amide bonds. The van der Waals surface area contributed by atoms with E-state index < -0.39 is 55.8 Å². The van der Waals surface area contributed by atoms with Gasteiger partial charge in [-0.2, -0.15) is 23.4 Å². The molecular weight excluding hydrogens is 636 g/mol. The molecule has 0 radical (unpaired) electrons. The summed E-state index contributed by atoms with van der Waals surface area (Å²) in [5.41, 5.74) is -5.33. The molecular formula is C30H28F4N4O7S. The Morgan fingerprint density at radius 1 is 1.04 bits per heavy atom. The molecule has 2 aliphatic carbocycles. The number of methoxy groups -OCH3 is 1. The average Bonchev–Trinajstić information content (AvgIpc) is 3.62. The number of benzene rings is 2. The van der Waals surface area contributed by atoms with Crippen molar-refractivity contribution in [1.29, 1.82) is 0 Å². The van der Waals surface area contributed by atoms with Crippen LogP contribution in [-0.4, -0.2) is 60.2 Å². The SMILES string of the molecule is COc1cc(F)c(-c2ccc(CCC(=O)O)nn2)cc1C(=O)NC1C2CCC(C2)C1C(=O)Nc1cccc(S(=O)(=O)C(F)(F)F)c1. The highest BCUT2D eigenvalue weighted by atomic mass is 32.2. The number of sulfone groups is 1. The number of amides is 2. The van der Waals surface area contributed by atoms with Gasteiger partial charge >= 0.3 is 11.5 Å². The maximum absolute atomic E-state index is 15.1. The van der Waals surface area contributed by atoms with Crippen LogP contribution >= 0.6 is 0 Å². The summed E-state index contributed by atoms with van der Waals surface area (Å²) < 4.78 is 83.3. The van der Waals surface area contributed by atoms with Crippen LogP contribution in [0.25, 0.3) is 11.3 Å². The molecule has 2 bridgehead atoms. The summed E-state index contributed by atoms with van der Waals surface area (Å²) in [4.78, 5) is 36.9. The van der Waals surface area contributed by atoms with E-state index in [1.165, 1.54) is 31.4 Å². The summed E-state index contributed by atoms with van der Waals surface area (Å²) in [5.74, 6) is -4.12. The normalized spacial score (nSPS) is 20.7. The highest BCUT2D eigenvalue weighted by molar-refractivity contribution is 7.92. The van der Waals surface area contributed by atoms with Crippen molar-refractivity contribution in [2.45, 2.75) is 48.5 Å². The van der Waals surface area contributed by atoms with Crippen LogP contribution in [0.3, 0.4) is 0 Å². The first kappa shape index (κ1) is 32.8. The van der Waals surface area contributed by atoms with Crippen LogP contribution in [0.4, 0.5) is 23.2 Å². The third-order valence-electron chi connectivity index (χ3n) is 8.36. The Hall–Kier alpha value is -4.60. The minimum Gasteiger partial charge on any atom is -0.496 e. The zero-order valence-corrected chi connectivity index (χ0v) is 25.0. The van der Waals surface area contributed by atoms with Gasteiger partial charge in [0.15, 0.2) is 0 Å². The molecule has 5 rings (SSSR count). The monoisotopic (exact) mass is 664 g/mol.